The Kier molecular flexibility index (Phi) is 6.16. The van der Waals surface area contributed by atoms with Gasteiger partial charge in [-0.25, -0.2) is 0 Å². The molecule has 0 saturated heterocycles. The fourth-order valence-electron chi connectivity index (χ4n) is 2.09. The summed E-state index contributed by atoms with van der Waals surface area (Å²) in [6, 6.07) is 7.15. The standard InChI is InChI=1S/C15H9Br2N3O6/c16-7-14(21)18-13-2-1-9(17)5-12(13)15(22)8-3-10(19(23)24)6-11(4-8)20(25)26/h1-6H,7H2,(H,18,21). The van der Waals surface area contributed by atoms with E-state index in [1.165, 1.54) is 12.1 Å². The van der Waals surface area contributed by atoms with E-state index in [0.717, 1.165) is 18.2 Å². The number of anilines is 1. The van der Waals surface area contributed by atoms with E-state index in [-0.39, 0.29) is 22.1 Å². The number of non-ortho nitro benzene ring substituents is 2. The molecule has 0 atom stereocenters. The first-order valence-electron chi connectivity index (χ1n) is 6.87. The van der Waals surface area contributed by atoms with Crippen LogP contribution in [-0.2, 0) is 4.79 Å². The number of carbonyl (C=O) groups excluding carboxylic acids is 2. The van der Waals surface area contributed by atoms with Gasteiger partial charge in [0, 0.05) is 27.7 Å². The first kappa shape index (κ1) is 19.7. The smallest absolute Gasteiger partial charge is 0.277 e. The number of ketones is 1. The van der Waals surface area contributed by atoms with Crippen molar-refractivity contribution in [3.05, 3.63) is 72.2 Å². The van der Waals surface area contributed by atoms with Crippen LogP contribution in [0.3, 0.4) is 0 Å². The van der Waals surface area contributed by atoms with Crippen molar-refractivity contribution < 1.29 is 19.4 Å². The molecule has 0 radical (unpaired) electrons. The van der Waals surface area contributed by atoms with Gasteiger partial charge in [0.25, 0.3) is 11.4 Å². The van der Waals surface area contributed by atoms with Gasteiger partial charge >= 0.3 is 0 Å². The summed E-state index contributed by atoms with van der Waals surface area (Å²) in [4.78, 5) is 44.8. The Morgan fingerprint density at radius 1 is 1.00 bits per heavy atom. The molecule has 0 aliphatic rings. The summed E-state index contributed by atoms with van der Waals surface area (Å²) in [6.07, 6.45) is 0. The van der Waals surface area contributed by atoms with E-state index >= 15 is 0 Å². The fourth-order valence-corrected chi connectivity index (χ4v) is 2.59. The van der Waals surface area contributed by atoms with Gasteiger partial charge in [0.05, 0.1) is 26.9 Å². The van der Waals surface area contributed by atoms with Gasteiger partial charge in [-0.15, -0.1) is 0 Å². The molecule has 2 aromatic carbocycles. The number of hydrogen-bond donors (Lipinski definition) is 1. The number of hydrogen-bond acceptors (Lipinski definition) is 6. The molecule has 2 rings (SSSR count). The average molecular weight is 487 g/mol. The predicted octanol–water partition coefficient (Wildman–Crippen LogP) is 3.83. The molecular weight excluding hydrogens is 478 g/mol. The third-order valence-corrected chi connectivity index (χ3v) is 4.21. The number of nitro groups is 2. The number of carbonyl (C=O) groups is 2. The maximum Gasteiger partial charge on any atom is 0.277 e. The van der Waals surface area contributed by atoms with E-state index < -0.39 is 32.9 Å². The Morgan fingerprint density at radius 3 is 2.08 bits per heavy atom. The van der Waals surface area contributed by atoms with Crippen LogP contribution in [0.4, 0.5) is 17.1 Å². The van der Waals surface area contributed by atoms with Crippen LogP contribution < -0.4 is 5.32 Å². The minimum Gasteiger partial charge on any atom is -0.325 e. The molecule has 0 aliphatic heterocycles. The Hall–Kier alpha value is -2.66. The van der Waals surface area contributed by atoms with Crippen molar-refractivity contribution in [1.82, 2.24) is 0 Å². The molecule has 0 heterocycles. The minimum absolute atomic E-state index is 0.00102. The SMILES string of the molecule is O=C(CBr)Nc1ccc(Br)cc1C(=O)c1cc([N+](=O)[O-])cc([N+](=O)[O-])c1. The molecule has 11 heteroatoms. The minimum atomic E-state index is -0.821. The van der Waals surface area contributed by atoms with E-state index in [2.05, 4.69) is 37.2 Å². The average Bonchev–Trinajstić information content (AvgIpc) is 2.61. The molecule has 0 unspecified atom stereocenters. The van der Waals surface area contributed by atoms with Gasteiger partial charge in [-0.3, -0.25) is 29.8 Å². The Balaban J connectivity index is 2.58. The Labute approximate surface area is 162 Å². The molecule has 0 spiro atoms. The van der Waals surface area contributed by atoms with Gasteiger partial charge in [0.2, 0.25) is 5.91 Å². The summed E-state index contributed by atoms with van der Waals surface area (Å²) in [5.41, 5.74) is -1.19. The molecule has 0 saturated carbocycles. The molecule has 0 aromatic heterocycles. The lowest BCUT2D eigenvalue weighted by Gasteiger charge is -2.10. The second-order valence-electron chi connectivity index (χ2n) is 4.95. The van der Waals surface area contributed by atoms with Crippen LogP contribution in [0, 0.1) is 20.2 Å². The first-order chi connectivity index (χ1) is 12.2. The van der Waals surface area contributed by atoms with Gasteiger partial charge in [-0.05, 0) is 18.2 Å². The topological polar surface area (TPSA) is 132 Å². The summed E-state index contributed by atoms with van der Waals surface area (Å²) >= 11 is 6.19. The van der Waals surface area contributed by atoms with Crippen molar-refractivity contribution in [2.45, 2.75) is 0 Å². The number of nitro benzene ring substituents is 2. The third-order valence-electron chi connectivity index (χ3n) is 3.21. The van der Waals surface area contributed by atoms with Gasteiger partial charge in [-0.2, -0.15) is 0 Å². The molecule has 2 aromatic rings. The van der Waals surface area contributed by atoms with E-state index in [9.17, 15) is 29.8 Å². The van der Waals surface area contributed by atoms with Gasteiger partial charge in [0.1, 0.15) is 0 Å². The Bertz CT molecular complexity index is 899. The third kappa shape index (κ3) is 4.49. The quantitative estimate of drug-likeness (QED) is 0.285. The van der Waals surface area contributed by atoms with Crippen molar-refractivity contribution in [2.75, 3.05) is 10.6 Å². The highest BCUT2D eigenvalue weighted by molar-refractivity contribution is 9.10. The van der Waals surface area contributed by atoms with E-state index in [4.69, 9.17) is 0 Å². The van der Waals surface area contributed by atoms with Crippen molar-refractivity contribution in [3.63, 3.8) is 0 Å². The lowest BCUT2D eigenvalue weighted by atomic mass is 10.0. The molecule has 9 nitrogen and oxygen atoms in total. The zero-order valence-corrected chi connectivity index (χ0v) is 15.9. The summed E-state index contributed by atoms with van der Waals surface area (Å²) in [5, 5.41) is 24.5. The number of nitrogens with zero attached hydrogens (tertiary/aromatic N) is 2. The zero-order valence-electron chi connectivity index (χ0n) is 12.8. The Morgan fingerprint density at radius 2 is 1.58 bits per heavy atom. The fraction of sp³-hybridized carbons (Fsp3) is 0.0667. The highest BCUT2D eigenvalue weighted by atomic mass is 79.9. The number of amides is 1. The van der Waals surface area contributed by atoms with Crippen molar-refractivity contribution in [2.24, 2.45) is 0 Å². The van der Waals surface area contributed by atoms with Gasteiger partial charge in [0.15, 0.2) is 5.78 Å². The number of alkyl halides is 1. The van der Waals surface area contributed by atoms with Crippen LogP contribution in [-0.4, -0.2) is 26.9 Å². The van der Waals surface area contributed by atoms with Gasteiger partial charge < -0.3 is 5.32 Å². The molecule has 1 N–H and O–H groups in total. The summed E-state index contributed by atoms with van der Waals surface area (Å²) in [5.74, 6) is -1.12. The molecule has 0 aliphatic carbocycles. The largest absolute Gasteiger partial charge is 0.325 e. The van der Waals surface area contributed by atoms with E-state index in [0.29, 0.717) is 4.47 Å². The molecular formula is C15H9Br2N3O6. The zero-order chi connectivity index (χ0) is 19.4. The molecule has 0 fully saturated rings. The second kappa shape index (κ2) is 8.15. The van der Waals surface area contributed by atoms with Crippen LogP contribution in [0.15, 0.2) is 40.9 Å². The van der Waals surface area contributed by atoms with Crippen LogP contribution in [0.5, 0.6) is 0 Å². The number of halogens is 2. The van der Waals surface area contributed by atoms with Crippen molar-refractivity contribution in [3.8, 4) is 0 Å². The maximum atomic E-state index is 12.8. The van der Waals surface area contributed by atoms with E-state index in [1.807, 2.05) is 0 Å². The first-order valence-corrected chi connectivity index (χ1v) is 8.78. The second-order valence-corrected chi connectivity index (χ2v) is 6.43. The number of nitrogens with one attached hydrogen (secondary N) is 1. The molecule has 134 valence electrons. The molecule has 0 bridgehead atoms. The number of rotatable bonds is 6. The van der Waals surface area contributed by atoms with Crippen molar-refractivity contribution in [1.29, 1.82) is 0 Å². The lowest BCUT2D eigenvalue weighted by Crippen LogP contribution is -2.16. The summed E-state index contributed by atoms with van der Waals surface area (Å²) in [6.45, 7) is 0. The molecule has 1 amide bonds. The van der Waals surface area contributed by atoms with Crippen molar-refractivity contribution >= 4 is 60.6 Å². The van der Waals surface area contributed by atoms with Gasteiger partial charge in [-0.1, -0.05) is 31.9 Å². The lowest BCUT2D eigenvalue weighted by molar-refractivity contribution is -0.394. The highest BCUT2D eigenvalue weighted by Crippen LogP contribution is 2.28. The molecule has 26 heavy (non-hydrogen) atoms. The normalized spacial score (nSPS) is 10.2. The predicted molar refractivity (Wildman–Crippen MR) is 99.7 cm³/mol. The van der Waals surface area contributed by atoms with Crippen LogP contribution in [0.2, 0.25) is 0 Å². The number of benzene rings is 2. The van der Waals surface area contributed by atoms with Crippen LogP contribution in [0.1, 0.15) is 15.9 Å². The summed E-state index contributed by atoms with van der Waals surface area (Å²) in [7, 11) is 0. The van der Waals surface area contributed by atoms with E-state index in [1.54, 1.807) is 6.07 Å². The highest BCUT2D eigenvalue weighted by Gasteiger charge is 2.23. The van der Waals surface area contributed by atoms with Crippen LogP contribution in [0.25, 0.3) is 0 Å². The summed E-state index contributed by atoms with van der Waals surface area (Å²) < 4.78 is 0.526. The van der Waals surface area contributed by atoms with Crippen LogP contribution >= 0.6 is 31.9 Å². The monoisotopic (exact) mass is 485 g/mol. The maximum absolute atomic E-state index is 12.8.